The minimum atomic E-state index is -0.837. The Morgan fingerprint density at radius 1 is 1.27 bits per heavy atom. The van der Waals surface area contributed by atoms with E-state index in [1.54, 1.807) is 0 Å². The second kappa shape index (κ2) is 7.87. The van der Waals surface area contributed by atoms with Crippen molar-refractivity contribution in [3.05, 3.63) is 23.3 Å². The van der Waals surface area contributed by atoms with Crippen molar-refractivity contribution in [2.45, 2.75) is 38.5 Å². The first-order valence-electron chi connectivity index (χ1n) is 7.86. The van der Waals surface area contributed by atoms with E-state index >= 15 is 0 Å². The normalized spacial score (nSPS) is 20.2. The van der Waals surface area contributed by atoms with Gasteiger partial charge in [-0.25, -0.2) is 9.59 Å². The van der Waals surface area contributed by atoms with E-state index in [4.69, 9.17) is 15.6 Å². The molecule has 2 amide bonds. The molecule has 0 aromatic rings. The zero-order chi connectivity index (χ0) is 15.9. The average molecular weight is 308 g/mol. The van der Waals surface area contributed by atoms with Crippen LogP contribution in [-0.4, -0.2) is 41.9 Å². The van der Waals surface area contributed by atoms with Gasteiger partial charge in [-0.1, -0.05) is 31.4 Å². The van der Waals surface area contributed by atoms with Gasteiger partial charge in [-0.15, -0.1) is 0 Å². The van der Waals surface area contributed by atoms with E-state index in [0.29, 0.717) is 25.6 Å². The predicted molar refractivity (Wildman–Crippen MR) is 82.5 cm³/mol. The van der Waals surface area contributed by atoms with Crippen LogP contribution in [0.25, 0.3) is 0 Å². The monoisotopic (exact) mass is 308 g/mol. The Morgan fingerprint density at radius 3 is 2.77 bits per heavy atom. The van der Waals surface area contributed by atoms with Gasteiger partial charge in [0, 0.05) is 13.1 Å². The lowest BCUT2D eigenvalue weighted by atomic mass is 9.85. The first-order chi connectivity index (χ1) is 10.6. The first-order valence-corrected chi connectivity index (χ1v) is 7.86. The van der Waals surface area contributed by atoms with Crippen LogP contribution in [0.4, 0.5) is 9.59 Å². The summed E-state index contributed by atoms with van der Waals surface area (Å²) >= 11 is 0. The molecule has 0 aromatic carbocycles. The molecule has 1 aliphatic heterocycles. The van der Waals surface area contributed by atoms with Crippen LogP contribution in [0.1, 0.15) is 38.5 Å². The molecular weight excluding hydrogens is 284 g/mol. The Bertz CT molecular complexity index is 485. The second-order valence-corrected chi connectivity index (χ2v) is 5.89. The van der Waals surface area contributed by atoms with E-state index in [-0.39, 0.29) is 0 Å². The minimum absolute atomic E-state index is 0.393. The molecule has 6 heteroatoms. The van der Waals surface area contributed by atoms with Crippen molar-refractivity contribution in [1.29, 1.82) is 0 Å². The van der Waals surface area contributed by atoms with Crippen molar-refractivity contribution in [3.8, 4) is 0 Å². The molecular formula is C16H24N2O4. The molecule has 1 aliphatic carbocycles. The van der Waals surface area contributed by atoms with Gasteiger partial charge < -0.3 is 20.5 Å². The molecule has 0 spiro atoms. The topological polar surface area (TPSA) is 92.9 Å². The lowest BCUT2D eigenvalue weighted by Gasteiger charge is -2.21. The van der Waals surface area contributed by atoms with Crippen molar-refractivity contribution >= 4 is 12.2 Å². The summed E-state index contributed by atoms with van der Waals surface area (Å²) in [6, 6.07) is 0. The van der Waals surface area contributed by atoms with Gasteiger partial charge in [-0.05, 0) is 36.3 Å². The van der Waals surface area contributed by atoms with Gasteiger partial charge >= 0.3 is 12.2 Å². The maximum atomic E-state index is 11.1. The van der Waals surface area contributed by atoms with Crippen molar-refractivity contribution in [3.63, 3.8) is 0 Å². The molecule has 1 heterocycles. The number of carbonyl (C=O) groups is 2. The molecule has 3 N–H and O–H groups in total. The number of amides is 2. The van der Waals surface area contributed by atoms with E-state index in [9.17, 15) is 9.59 Å². The molecule has 1 unspecified atom stereocenters. The number of ether oxygens (including phenoxy) is 1. The number of hydrogen-bond donors (Lipinski definition) is 2. The summed E-state index contributed by atoms with van der Waals surface area (Å²) in [4.78, 5) is 23.0. The number of nitrogens with two attached hydrogens (primary N) is 1. The van der Waals surface area contributed by atoms with E-state index in [1.807, 2.05) is 0 Å². The van der Waals surface area contributed by atoms with E-state index < -0.39 is 12.2 Å². The molecule has 0 saturated carbocycles. The smallest absolute Gasteiger partial charge is 0.407 e. The molecule has 0 saturated heterocycles. The summed E-state index contributed by atoms with van der Waals surface area (Å²) in [7, 11) is 0. The molecule has 6 nitrogen and oxygen atoms in total. The number of carboxylic acid groups (broad SMARTS) is 1. The largest absolute Gasteiger partial charge is 0.465 e. The van der Waals surface area contributed by atoms with Gasteiger partial charge in [-0.2, -0.15) is 0 Å². The van der Waals surface area contributed by atoms with E-state index in [2.05, 4.69) is 12.2 Å². The summed E-state index contributed by atoms with van der Waals surface area (Å²) in [6.45, 7) is 1.48. The number of hydrogen-bond acceptors (Lipinski definition) is 3. The van der Waals surface area contributed by atoms with Gasteiger partial charge in [0.15, 0.2) is 0 Å². The van der Waals surface area contributed by atoms with Crippen LogP contribution in [0, 0.1) is 5.92 Å². The lowest BCUT2D eigenvalue weighted by Crippen LogP contribution is -2.27. The van der Waals surface area contributed by atoms with Crippen LogP contribution in [0.5, 0.6) is 0 Å². The van der Waals surface area contributed by atoms with Crippen molar-refractivity contribution in [2.75, 3.05) is 19.7 Å². The number of unbranched alkanes of at least 4 members (excludes halogenated alkanes) is 3. The zero-order valence-corrected chi connectivity index (χ0v) is 12.8. The van der Waals surface area contributed by atoms with Crippen LogP contribution in [-0.2, 0) is 4.74 Å². The summed E-state index contributed by atoms with van der Waals surface area (Å²) in [5.41, 5.74) is 7.39. The fourth-order valence-electron chi connectivity index (χ4n) is 3.18. The fourth-order valence-corrected chi connectivity index (χ4v) is 3.18. The second-order valence-electron chi connectivity index (χ2n) is 5.89. The van der Waals surface area contributed by atoms with Crippen molar-refractivity contribution in [2.24, 2.45) is 11.7 Å². The molecule has 22 heavy (non-hydrogen) atoms. The molecule has 2 rings (SSSR count). The van der Waals surface area contributed by atoms with Gasteiger partial charge in [0.05, 0.1) is 6.61 Å². The quantitative estimate of drug-likeness (QED) is 0.707. The van der Waals surface area contributed by atoms with Crippen LogP contribution in [0.15, 0.2) is 23.3 Å². The average Bonchev–Trinajstić information content (AvgIpc) is 2.91. The summed E-state index contributed by atoms with van der Waals surface area (Å²) < 4.78 is 4.69. The third kappa shape index (κ3) is 4.51. The molecule has 0 fully saturated rings. The molecule has 0 bridgehead atoms. The third-order valence-corrected chi connectivity index (χ3v) is 4.33. The number of primary amides is 1. The van der Waals surface area contributed by atoms with E-state index in [1.165, 1.54) is 16.0 Å². The Labute approximate surface area is 130 Å². The SMILES string of the molecule is NC(=O)OCCCCCCC1CC=CC2=C1CN(C(=O)O)C2. The van der Waals surface area contributed by atoms with Crippen molar-refractivity contribution in [1.82, 2.24) is 4.90 Å². The van der Waals surface area contributed by atoms with Crippen molar-refractivity contribution < 1.29 is 19.4 Å². The Hall–Kier alpha value is -1.98. The van der Waals surface area contributed by atoms with Gasteiger partial charge in [0.25, 0.3) is 0 Å². The first kappa shape index (κ1) is 16.4. The maximum Gasteiger partial charge on any atom is 0.407 e. The fraction of sp³-hybridized carbons (Fsp3) is 0.625. The van der Waals surface area contributed by atoms with E-state index in [0.717, 1.165) is 38.5 Å². The Kier molecular flexibility index (Phi) is 5.86. The maximum absolute atomic E-state index is 11.1. The van der Waals surface area contributed by atoms with Crippen LogP contribution < -0.4 is 5.73 Å². The van der Waals surface area contributed by atoms with Gasteiger partial charge in [-0.3, -0.25) is 0 Å². The summed E-state index contributed by atoms with van der Waals surface area (Å²) in [6.07, 6.45) is 8.85. The molecule has 1 atom stereocenters. The standard InChI is InChI=1S/C16H24N2O4/c17-15(19)22-9-4-2-1-3-6-12-7-5-8-13-10-18(16(20)21)11-14(12)13/h5,8,12H,1-4,6-7,9-11H2,(H2,17,19)(H,20,21). The highest BCUT2D eigenvalue weighted by Crippen LogP contribution is 2.34. The summed E-state index contributed by atoms with van der Waals surface area (Å²) in [5, 5.41) is 9.11. The van der Waals surface area contributed by atoms with Crippen LogP contribution in [0.2, 0.25) is 0 Å². The molecule has 122 valence electrons. The summed E-state index contributed by atoms with van der Waals surface area (Å²) in [5.74, 6) is 0.478. The molecule has 0 aromatic heterocycles. The predicted octanol–water partition coefficient (Wildman–Crippen LogP) is 2.90. The minimum Gasteiger partial charge on any atom is -0.465 e. The lowest BCUT2D eigenvalue weighted by molar-refractivity contribution is 0.154. The Morgan fingerprint density at radius 2 is 2.05 bits per heavy atom. The number of nitrogens with zero attached hydrogens (tertiary/aromatic N) is 1. The van der Waals surface area contributed by atoms with Crippen LogP contribution >= 0.6 is 0 Å². The molecule has 2 aliphatic rings. The highest BCUT2D eigenvalue weighted by Gasteiger charge is 2.30. The molecule has 0 radical (unpaired) electrons. The van der Waals surface area contributed by atoms with Gasteiger partial charge in [0.1, 0.15) is 0 Å². The number of rotatable bonds is 7. The number of carbonyl (C=O) groups excluding carboxylic acids is 1. The Balaban J connectivity index is 1.67. The highest BCUT2D eigenvalue weighted by molar-refractivity contribution is 5.67. The zero-order valence-electron chi connectivity index (χ0n) is 12.8. The van der Waals surface area contributed by atoms with Crippen LogP contribution in [0.3, 0.4) is 0 Å². The number of allylic oxidation sites excluding steroid dienone is 1. The van der Waals surface area contributed by atoms with Gasteiger partial charge in [0.2, 0.25) is 0 Å². The third-order valence-electron chi connectivity index (χ3n) is 4.33. The highest BCUT2D eigenvalue weighted by atomic mass is 16.5.